The van der Waals surface area contributed by atoms with E-state index in [1.54, 1.807) is 11.8 Å². The summed E-state index contributed by atoms with van der Waals surface area (Å²) in [5.74, 6) is 0.177. The van der Waals surface area contributed by atoms with Crippen molar-refractivity contribution in [3.63, 3.8) is 0 Å². The Hall–Kier alpha value is -1.40. The number of hydrogen-bond acceptors (Lipinski definition) is 5. The van der Waals surface area contributed by atoms with Crippen molar-refractivity contribution in [2.24, 2.45) is 10.9 Å². The van der Waals surface area contributed by atoms with Crippen LogP contribution in [0.3, 0.4) is 0 Å². The molecule has 6 heteroatoms. The molecule has 110 valence electrons. The summed E-state index contributed by atoms with van der Waals surface area (Å²) >= 11 is 1.61. The number of piperazine rings is 1. The molecule has 0 radical (unpaired) electrons. The van der Waals surface area contributed by atoms with Crippen LogP contribution in [0.4, 0.5) is 5.69 Å². The van der Waals surface area contributed by atoms with Crippen molar-refractivity contribution in [2.45, 2.75) is 17.9 Å². The first-order chi connectivity index (χ1) is 9.58. The summed E-state index contributed by atoms with van der Waals surface area (Å²) in [5.41, 5.74) is 7.78. The minimum Gasteiger partial charge on any atom is -0.409 e. The fourth-order valence-electron chi connectivity index (χ4n) is 2.73. The van der Waals surface area contributed by atoms with Gasteiger partial charge >= 0.3 is 0 Å². The van der Waals surface area contributed by atoms with Crippen LogP contribution in [-0.2, 0) is 0 Å². The highest BCUT2D eigenvalue weighted by Crippen LogP contribution is 2.31. The fourth-order valence-corrected chi connectivity index (χ4v) is 3.36. The van der Waals surface area contributed by atoms with E-state index in [4.69, 9.17) is 10.9 Å². The van der Waals surface area contributed by atoms with E-state index in [1.165, 1.54) is 0 Å². The minimum absolute atomic E-state index is 0.177. The van der Waals surface area contributed by atoms with Gasteiger partial charge in [-0.2, -0.15) is 0 Å². The molecule has 0 aromatic heterocycles. The number of thioether (sulfide) groups is 1. The molecule has 1 atom stereocenters. The van der Waals surface area contributed by atoms with Gasteiger partial charge in [0.25, 0.3) is 0 Å². The smallest absolute Gasteiger partial charge is 0.173 e. The molecule has 0 aliphatic carbocycles. The first-order valence-corrected chi connectivity index (χ1v) is 7.91. The summed E-state index contributed by atoms with van der Waals surface area (Å²) in [4.78, 5) is 5.69. The predicted octanol–water partition coefficient (Wildman–Crippen LogP) is 1.64. The molecule has 1 aromatic rings. The lowest BCUT2D eigenvalue weighted by Crippen LogP contribution is -2.51. The van der Waals surface area contributed by atoms with Crippen LogP contribution in [-0.4, -0.2) is 54.9 Å². The molecule has 0 amide bonds. The molecule has 20 heavy (non-hydrogen) atoms. The number of oxime groups is 1. The zero-order chi connectivity index (χ0) is 14.7. The van der Waals surface area contributed by atoms with E-state index in [1.807, 2.05) is 18.4 Å². The van der Waals surface area contributed by atoms with Gasteiger partial charge in [0.05, 0.1) is 5.56 Å². The Bertz CT molecular complexity index is 506. The van der Waals surface area contributed by atoms with Gasteiger partial charge in [-0.1, -0.05) is 11.2 Å². The Balaban J connectivity index is 2.45. The standard InChI is InChI=1S/C14H22N4OS/c1-10-9-17(2)7-8-18(10)11-5-4-6-12(20-3)13(11)14(15)16-19/h4-6,10,19H,7-9H2,1-3H3,(H2,15,16). The molecule has 1 fully saturated rings. The van der Waals surface area contributed by atoms with Gasteiger partial charge in [0.1, 0.15) is 0 Å². The molecule has 1 aliphatic heterocycles. The Labute approximate surface area is 124 Å². The van der Waals surface area contributed by atoms with E-state index >= 15 is 0 Å². The van der Waals surface area contributed by atoms with Crippen molar-refractivity contribution >= 4 is 23.3 Å². The number of hydrogen-bond donors (Lipinski definition) is 2. The molecule has 0 spiro atoms. The van der Waals surface area contributed by atoms with Crippen molar-refractivity contribution in [3.05, 3.63) is 23.8 Å². The van der Waals surface area contributed by atoms with Crippen molar-refractivity contribution in [2.75, 3.05) is 37.8 Å². The van der Waals surface area contributed by atoms with Crippen molar-refractivity contribution < 1.29 is 5.21 Å². The highest BCUT2D eigenvalue weighted by atomic mass is 32.2. The van der Waals surface area contributed by atoms with Crippen molar-refractivity contribution in [1.29, 1.82) is 0 Å². The van der Waals surface area contributed by atoms with Crippen LogP contribution in [0.2, 0.25) is 0 Å². The highest BCUT2D eigenvalue weighted by Gasteiger charge is 2.25. The van der Waals surface area contributed by atoms with Gasteiger partial charge in [-0.25, -0.2) is 0 Å². The molecule has 1 saturated heterocycles. The monoisotopic (exact) mass is 294 g/mol. The minimum atomic E-state index is 0.177. The third-order valence-electron chi connectivity index (χ3n) is 3.73. The van der Waals surface area contributed by atoms with Crippen LogP contribution >= 0.6 is 11.8 Å². The maximum atomic E-state index is 9.07. The first kappa shape index (κ1) is 15.0. The lowest BCUT2D eigenvalue weighted by Gasteiger charge is -2.40. The van der Waals surface area contributed by atoms with Gasteiger partial charge in [-0.05, 0) is 32.4 Å². The van der Waals surface area contributed by atoms with Crippen LogP contribution in [0.15, 0.2) is 28.3 Å². The summed E-state index contributed by atoms with van der Waals surface area (Å²) in [6, 6.07) is 6.48. The lowest BCUT2D eigenvalue weighted by molar-refractivity contribution is 0.275. The third kappa shape index (κ3) is 2.86. The summed E-state index contributed by atoms with van der Waals surface area (Å²) < 4.78 is 0. The second-order valence-corrected chi connectivity index (χ2v) is 5.99. The molecule has 1 unspecified atom stereocenters. The maximum absolute atomic E-state index is 9.07. The molecule has 1 aliphatic rings. The normalized spacial score (nSPS) is 21.2. The van der Waals surface area contributed by atoms with E-state index in [0.717, 1.165) is 35.8 Å². The molecule has 1 aromatic carbocycles. The molecule has 2 rings (SSSR count). The fraction of sp³-hybridized carbons (Fsp3) is 0.500. The maximum Gasteiger partial charge on any atom is 0.173 e. The Morgan fingerprint density at radius 1 is 1.45 bits per heavy atom. The molecule has 5 nitrogen and oxygen atoms in total. The number of amidine groups is 1. The Kier molecular flexibility index (Phi) is 4.77. The second-order valence-electron chi connectivity index (χ2n) is 5.14. The van der Waals surface area contributed by atoms with Crippen LogP contribution in [0.5, 0.6) is 0 Å². The lowest BCUT2D eigenvalue weighted by atomic mass is 10.1. The number of anilines is 1. The number of nitrogens with two attached hydrogens (primary N) is 1. The largest absolute Gasteiger partial charge is 0.409 e. The van der Waals surface area contributed by atoms with Gasteiger partial charge in [-0.3, -0.25) is 0 Å². The van der Waals surface area contributed by atoms with E-state index in [9.17, 15) is 0 Å². The SMILES string of the molecule is CSc1cccc(N2CCN(C)CC2C)c1/C(N)=N/O. The van der Waals surface area contributed by atoms with Crippen LogP contribution in [0, 0.1) is 0 Å². The average molecular weight is 294 g/mol. The molecule has 0 bridgehead atoms. The van der Waals surface area contributed by atoms with Crippen molar-refractivity contribution in [3.8, 4) is 0 Å². The van der Waals surface area contributed by atoms with Crippen LogP contribution < -0.4 is 10.6 Å². The zero-order valence-corrected chi connectivity index (χ0v) is 13.0. The van der Waals surface area contributed by atoms with Gasteiger partial charge < -0.3 is 20.7 Å². The van der Waals surface area contributed by atoms with Crippen LogP contribution in [0.1, 0.15) is 12.5 Å². The number of benzene rings is 1. The van der Waals surface area contributed by atoms with E-state index in [0.29, 0.717) is 6.04 Å². The van der Waals surface area contributed by atoms with E-state index in [2.05, 4.69) is 35.0 Å². The van der Waals surface area contributed by atoms with E-state index in [-0.39, 0.29) is 5.84 Å². The Morgan fingerprint density at radius 3 is 2.80 bits per heavy atom. The summed E-state index contributed by atoms with van der Waals surface area (Å²) in [6.07, 6.45) is 2.00. The van der Waals surface area contributed by atoms with Crippen LogP contribution in [0.25, 0.3) is 0 Å². The number of likely N-dealkylation sites (N-methyl/N-ethyl adjacent to an activating group) is 1. The molecule has 1 heterocycles. The zero-order valence-electron chi connectivity index (χ0n) is 12.2. The number of rotatable bonds is 3. The quantitative estimate of drug-likeness (QED) is 0.292. The number of nitrogens with zero attached hydrogens (tertiary/aromatic N) is 3. The molecular formula is C14H22N4OS. The van der Waals surface area contributed by atoms with Gasteiger partial charge in [-0.15, -0.1) is 11.8 Å². The molecular weight excluding hydrogens is 272 g/mol. The second kappa shape index (κ2) is 6.37. The van der Waals surface area contributed by atoms with E-state index < -0.39 is 0 Å². The summed E-state index contributed by atoms with van der Waals surface area (Å²) in [7, 11) is 2.14. The third-order valence-corrected chi connectivity index (χ3v) is 4.51. The van der Waals surface area contributed by atoms with Gasteiger partial charge in [0.2, 0.25) is 0 Å². The highest BCUT2D eigenvalue weighted by molar-refractivity contribution is 7.98. The average Bonchev–Trinajstić information content (AvgIpc) is 2.45. The van der Waals surface area contributed by atoms with Gasteiger partial charge in [0.15, 0.2) is 5.84 Å². The summed E-state index contributed by atoms with van der Waals surface area (Å²) in [5, 5.41) is 12.3. The van der Waals surface area contributed by atoms with Crippen molar-refractivity contribution in [1.82, 2.24) is 4.90 Å². The first-order valence-electron chi connectivity index (χ1n) is 6.68. The molecule has 3 N–H and O–H groups in total. The predicted molar refractivity (Wildman–Crippen MR) is 85.0 cm³/mol. The topological polar surface area (TPSA) is 65.1 Å². The molecule has 0 saturated carbocycles. The summed E-state index contributed by atoms with van der Waals surface area (Å²) in [6.45, 7) is 5.18. The Morgan fingerprint density at radius 2 is 2.20 bits per heavy atom. The van der Waals surface area contributed by atoms with Gasteiger partial charge in [0, 0.05) is 36.3 Å².